The minimum absolute atomic E-state index is 0.0110. The van der Waals surface area contributed by atoms with Crippen LogP contribution in [0.5, 0.6) is 5.75 Å². The van der Waals surface area contributed by atoms with Crippen LogP contribution >= 0.6 is 11.6 Å². The molecule has 0 unspecified atom stereocenters. The first kappa shape index (κ1) is 17.1. The van der Waals surface area contributed by atoms with Gasteiger partial charge in [-0.1, -0.05) is 11.6 Å². The summed E-state index contributed by atoms with van der Waals surface area (Å²) in [5, 5.41) is 0.727. The number of hydrogen-bond acceptors (Lipinski definition) is 3. The summed E-state index contributed by atoms with van der Waals surface area (Å²) in [6, 6.07) is 3.68. The van der Waals surface area contributed by atoms with E-state index in [1.54, 1.807) is 4.90 Å². The fourth-order valence-corrected chi connectivity index (χ4v) is 3.10. The van der Waals surface area contributed by atoms with Gasteiger partial charge in [-0.25, -0.2) is 0 Å². The van der Waals surface area contributed by atoms with Gasteiger partial charge in [0.05, 0.1) is 0 Å². The number of hydrogen-bond donors (Lipinski definition) is 0. The lowest BCUT2D eigenvalue weighted by atomic mass is 10.1. The van der Waals surface area contributed by atoms with Gasteiger partial charge >= 0.3 is 0 Å². The average Bonchev–Trinajstić information content (AvgIpc) is 3.42. The Hall–Kier alpha value is -1.75. The van der Waals surface area contributed by atoms with E-state index in [0.29, 0.717) is 31.9 Å². The maximum atomic E-state index is 12.3. The van der Waals surface area contributed by atoms with Crippen molar-refractivity contribution in [1.82, 2.24) is 9.80 Å². The van der Waals surface area contributed by atoms with Crippen molar-refractivity contribution in [3.63, 3.8) is 0 Å². The number of rotatable bonds is 4. The lowest BCUT2D eigenvalue weighted by Gasteiger charge is -2.34. The molecule has 1 saturated carbocycles. The maximum Gasteiger partial charge on any atom is 0.260 e. The van der Waals surface area contributed by atoms with Crippen LogP contribution in [0.2, 0.25) is 5.02 Å². The fourth-order valence-electron chi connectivity index (χ4n) is 2.99. The number of amides is 2. The van der Waals surface area contributed by atoms with Crippen LogP contribution in [0.3, 0.4) is 0 Å². The third kappa shape index (κ3) is 3.83. The van der Waals surface area contributed by atoms with E-state index in [4.69, 9.17) is 16.3 Å². The molecule has 3 rings (SSSR count). The molecule has 1 aromatic rings. The number of nitrogens with zero attached hydrogens (tertiary/aromatic N) is 2. The van der Waals surface area contributed by atoms with E-state index in [-0.39, 0.29) is 24.3 Å². The van der Waals surface area contributed by atoms with Crippen LogP contribution in [0.4, 0.5) is 0 Å². The SMILES string of the molecule is Cc1cc(OCC(=O)N2CCN(C(=O)C3CC3)CC2)cc(C)c1Cl. The Morgan fingerprint density at radius 3 is 2.17 bits per heavy atom. The molecule has 24 heavy (non-hydrogen) atoms. The summed E-state index contributed by atoms with van der Waals surface area (Å²) in [5.74, 6) is 1.11. The molecule has 1 saturated heterocycles. The topological polar surface area (TPSA) is 49.9 Å². The van der Waals surface area contributed by atoms with Crippen LogP contribution in [-0.2, 0) is 9.59 Å². The van der Waals surface area contributed by atoms with Crippen molar-refractivity contribution >= 4 is 23.4 Å². The molecule has 0 bridgehead atoms. The molecular formula is C18H23ClN2O3. The number of carbonyl (C=O) groups is 2. The first-order chi connectivity index (χ1) is 11.5. The first-order valence-corrected chi connectivity index (χ1v) is 8.79. The zero-order chi connectivity index (χ0) is 17.3. The first-order valence-electron chi connectivity index (χ1n) is 8.42. The van der Waals surface area contributed by atoms with Gasteiger partial charge < -0.3 is 14.5 Å². The van der Waals surface area contributed by atoms with Gasteiger partial charge in [-0.3, -0.25) is 9.59 Å². The van der Waals surface area contributed by atoms with Crippen molar-refractivity contribution in [3.8, 4) is 5.75 Å². The van der Waals surface area contributed by atoms with E-state index in [9.17, 15) is 9.59 Å². The molecule has 0 atom stereocenters. The number of halogens is 1. The smallest absolute Gasteiger partial charge is 0.260 e. The number of benzene rings is 1. The lowest BCUT2D eigenvalue weighted by Crippen LogP contribution is -2.52. The average molecular weight is 351 g/mol. The second-order valence-corrected chi connectivity index (χ2v) is 7.02. The van der Waals surface area contributed by atoms with Crippen LogP contribution in [-0.4, -0.2) is 54.4 Å². The predicted octanol–water partition coefficient (Wildman–Crippen LogP) is 2.42. The summed E-state index contributed by atoms with van der Waals surface area (Å²) in [5.41, 5.74) is 1.87. The standard InChI is InChI=1S/C18H23ClN2O3/c1-12-9-15(10-13(2)17(12)19)24-11-16(22)20-5-7-21(8-6-20)18(23)14-3-4-14/h9-10,14H,3-8,11H2,1-2H3. The van der Waals surface area contributed by atoms with E-state index in [1.165, 1.54) is 0 Å². The minimum atomic E-state index is -0.0428. The molecule has 2 amide bonds. The predicted molar refractivity (Wildman–Crippen MR) is 92.3 cm³/mol. The number of carbonyl (C=O) groups excluding carboxylic acids is 2. The van der Waals surface area contributed by atoms with Gasteiger partial charge in [0.15, 0.2) is 6.61 Å². The highest BCUT2D eigenvalue weighted by Gasteiger charge is 2.35. The van der Waals surface area contributed by atoms with E-state index >= 15 is 0 Å². The lowest BCUT2D eigenvalue weighted by molar-refractivity contribution is -0.141. The Balaban J connectivity index is 1.48. The molecule has 1 heterocycles. The molecule has 2 aliphatic rings. The van der Waals surface area contributed by atoms with Crippen molar-refractivity contribution in [1.29, 1.82) is 0 Å². The van der Waals surface area contributed by atoms with E-state index in [2.05, 4.69) is 0 Å². The summed E-state index contributed by atoms with van der Waals surface area (Å²) >= 11 is 6.14. The maximum absolute atomic E-state index is 12.3. The number of ether oxygens (including phenoxy) is 1. The minimum Gasteiger partial charge on any atom is -0.484 e. The van der Waals surface area contributed by atoms with Crippen molar-refractivity contribution in [2.45, 2.75) is 26.7 Å². The largest absolute Gasteiger partial charge is 0.484 e. The molecule has 130 valence electrons. The van der Waals surface area contributed by atoms with E-state index in [0.717, 1.165) is 29.0 Å². The molecular weight excluding hydrogens is 328 g/mol. The zero-order valence-electron chi connectivity index (χ0n) is 14.2. The van der Waals surface area contributed by atoms with Crippen LogP contribution in [0.1, 0.15) is 24.0 Å². The second-order valence-electron chi connectivity index (χ2n) is 6.64. The van der Waals surface area contributed by atoms with Crippen molar-refractivity contribution in [2.24, 2.45) is 5.92 Å². The Morgan fingerprint density at radius 2 is 1.62 bits per heavy atom. The Labute approximate surface area is 147 Å². The molecule has 1 aliphatic heterocycles. The molecule has 1 aromatic carbocycles. The molecule has 6 heteroatoms. The quantitative estimate of drug-likeness (QED) is 0.838. The summed E-state index contributed by atoms with van der Waals surface area (Å²) in [6.07, 6.45) is 2.04. The third-order valence-electron chi connectivity index (χ3n) is 4.64. The second kappa shape index (κ2) is 7.01. The van der Waals surface area contributed by atoms with Gasteiger partial charge in [0.25, 0.3) is 5.91 Å². The van der Waals surface area contributed by atoms with E-state index < -0.39 is 0 Å². The van der Waals surface area contributed by atoms with Gasteiger partial charge in [-0.2, -0.15) is 0 Å². The Morgan fingerprint density at radius 1 is 1.08 bits per heavy atom. The molecule has 2 fully saturated rings. The summed E-state index contributed by atoms with van der Waals surface area (Å²) in [7, 11) is 0. The third-order valence-corrected chi connectivity index (χ3v) is 5.24. The highest BCUT2D eigenvalue weighted by molar-refractivity contribution is 6.32. The normalized spacial score (nSPS) is 17.8. The Kier molecular flexibility index (Phi) is 4.99. The summed E-state index contributed by atoms with van der Waals surface area (Å²) in [4.78, 5) is 28.0. The molecule has 0 aromatic heterocycles. The van der Waals surface area contributed by atoms with Crippen LogP contribution in [0.15, 0.2) is 12.1 Å². The van der Waals surface area contributed by atoms with Gasteiger partial charge in [0, 0.05) is 37.1 Å². The summed E-state index contributed by atoms with van der Waals surface area (Å²) < 4.78 is 5.63. The van der Waals surface area contributed by atoms with Crippen LogP contribution in [0.25, 0.3) is 0 Å². The fraction of sp³-hybridized carbons (Fsp3) is 0.556. The highest BCUT2D eigenvalue weighted by Crippen LogP contribution is 2.31. The van der Waals surface area contributed by atoms with Crippen molar-refractivity contribution in [2.75, 3.05) is 32.8 Å². The zero-order valence-corrected chi connectivity index (χ0v) is 14.9. The molecule has 0 N–H and O–H groups in total. The number of piperazine rings is 1. The molecule has 0 spiro atoms. The monoisotopic (exact) mass is 350 g/mol. The van der Waals surface area contributed by atoms with Gasteiger partial charge in [0.2, 0.25) is 5.91 Å². The van der Waals surface area contributed by atoms with Crippen LogP contribution in [0, 0.1) is 19.8 Å². The van der Waals surface area contributed by atoms with Crippen molar-refractivity contribution < 1.29 is 14.3 Å². The molecule has 5 nitrogen and oxygen atoms in total. The highest BCUT2D eigenvalue weighted by atomic mass is 35.5. The molecule has 1 aliphatic carbocycles. The molecule has 0 radical (unpaired) electrons. The van der Waals surface area contributed by atoms with Gasteiger partial charge in [-0.05, 0) is 49.9 Å². The van der Waals surface area contributed by atoms with Crippen molar-refractivity contribution in [3.05, 3.63) is 28.3 Å². The van der Waals surface area contributed by atoms with Gasteiger partial charge in [0.1, 0.15) is 5.75 Å². The van der Waals surface area contributed by atoms with Crippen LogP contribution < -0.4 is 4.74 Å². The van der Waals surface area contributed by atoms with E-state index in [1.807, 2.05) is 30.9 Å². The number of aryl methyl sites for hydroxylation is 2. The van der Waals surface area contributed by atoms with Gasteiger partial charge in [-0.15, -0.1) is 0 Å². The Bertz CT molecular complexity index is 627. The summed E-state index contributed by atoms with van der Waals surface area (Å²) in [6.45, 7) is 6.26.